The molecule has 0 unspecified atom stereocenters. The normalized spacial score (nSPS) is 10.2. The van der Waals surface area contributed by atoms with Gasteiger partial charge >= 0.3 is 0 Å². The van der Waals surface area contributed by atoms with Crippen LogP contribution in [0.3, 0.4) is 0 Å². The number of nitrogens with two attached hydrogens (primary N) is 1. The van der Waals surface area contributed by atoms with Gasteiger partial charge in [-0.25, -0.2) is 0 Å². The molecule has 0 aliphatic carbocycles. The van der Waals surface area contributed by atoms with Crippen molar-refractivity contribution in [1.82, 2.24) is 5.32 Å². The number of carbonyl (C=O) groups excluding carboxylic acids is 1. The Balaban J connectivity index is 3.02. The maximum absolute atomic E-state index is 11.8. The highest BCUT2D eigenvalue weighted by molar-refractivity contribution is 7.18. The Morgan fingerprint density at radius 3 is 2.72 bits per heavy atom. The molecular formula is C12H18N4OS. The number of nitrogens with zero attached hydrogens (tertiary/aromatic N) is 1. The van der Waals surface area contributed by atoms with Crippen molar-refractivity contribution in [3.63, 3.8) is 0 Å². The van der Waals surface area contributed by atoms with E-state index in [2.05, 4.69) is 24.5 Å². The predicted molar refractivity (Wildman–Crippen MR) is 74.8 cm³/mol. The first kappa shape index (κ1) is 14.3. The highest BCUT2D eigenvalue weighted by Gasteiger charge is 2.20. The SMILES string of the molecule is CCNC(=O)c1sc(NCC(C)C)c(C#N)c1N. The van der Waals surface area contributed by atoms with Gasteiger partial charge in [0.05, 0.1) is 5.69 Å². The van der Waals surface area contributed by atoms with Gasteiger partial charge in [0.2, 0.25) is 0 Å². The van der Waals surface area contributed by atoms with Crippen LogP contribution in [0.25, 0.3) is 0 Å². The average Bonchev–Trinajstić information content (AvgIpc) is 2.63. The van der Waals surface area contributed by atoms with E-state index in [0.717, 1.165) is 6.54 Å². The van der Waals surface area contributed by atoms with Crippen LogP contribution in [0.4, 0.5) is 10.7 Å². The van der Waals surface area contributed by atoms with Crippen molar-refractivity contribution >= 4 is 27.9 Å². The van der Waals surface area contributed by atoms with E-state index in [4.69, 9.17) is 11.0 Å². The van der Waals surface area contributed by atoms with Gasteiger partial charge < -0.3 is 16.4 Å². The van der Waals surface area contributed by atoms with Gasteiger partial charge in [-0.1, -0.05) is 13.8 Å². The summed E-state index contributed by atoms with van der Waals surface area (Å²) < 4.78 is 0. The number of hydrogen-bond donors (Lipinski definition) is 3. The maximum Gasteiger partial charge on any atom is 0.263 e. The highest BCUT2D eigenvalue weighted by Crippen LogP contribution is 2.35. The summed E-state index contributed by atoms with van der Waals surface area (Å²) in [6.45, 7) is 7.25. The summed E-state index contributed by atoms with van der Waals surface area (Å²) in [5, 5.41) is 15.6. The molecule has 4 N–H and O–H groups in total. The molecule has 0 aromatic carbocycles. The second-order valence-corrected chi connectivity index (χ2v) is 5.32. The largest absolute Gasteiger partial charge is 0.396 e. The lowest BCUT2D eigenvalue weighted by Gasteiger charge is -2.06. The molecule has 0 saturated heterocycles. The number of carbonyl (C=O) groups is 1. The molecule has 0 saturated carbocycles. The number of rotatable bonds is 5. The van der Waals surface area contributed by atoms with E-state index in [-0.39, 0.29) is 11.6 Å². The molecule has 1 amide bonds. The van der Waals surface area contributed by atoms with Crippen molar-refractivity contribution in [2.45, 2.75) is 20.8 Å². The number of amides is 1. The standard InChI is InChI=1S/C12H18N4OS/c1-4-15-11(17)10-9(14)8(5-13)12(18-10)16-6-7(2)3/h7,16H,4,6,14H2,1-3H3,(H,15,17). The van der Waals surface area contributed by atoms with Crippen LogP contribution in [-0.2, 0) is 0 Å². The van der Waals surface area contributed by atoms with E-state index in [1.165, 1.54) is 11.3 Å². The Morgan fingerprint density at radius 2 is 2.22 bits per heavy atom. The van der Waals surface area contributed by atoms with Crippen LogP contribution in [-0.4, -0.2) is 19.0 Å². The Hall–Kier alpha value is -1.74. The molecule has 1 aromatic heterocycles. The second kappa shape index (κ2) is 6.26. The third kappa shape index (κ3) is 3.14. The Labute approximate surface area is 111 Å². The van der Waals surface area contributed by atoms with Crippen molar-refractivity contribution in [3.05, 3.63) is 10.4 Å². The Morgan fingerprint density at radius 1 is 1.56 bits per heavy atom. The van der Waals surface area contributed by atoms with Crippen molar-refractivity contribution in [1.29, 1.82) is 5.26 Å². The van der Waals surface area contributed by atoms with Crippen molar-refractivity contribution in [2.24, 2.45) is 5.92 Å². The number of nitrogens with one attached hydrogen (secondary N) is 2. The molecule has 0 radical (unpaired) electrons. The van der Waals surface area contributed by atoms with Gasteiger partial charge in [0.25, 0.3) is 5.91 Å². The second-order valence-electron chi connectivity index (χ2n) is 4.29. The van der Waals surface area contributed by atoms with Crippen LogP contribution >= 0.6 is 11.3 Å². The average molecular weight is 266 g/mol. The Kier molecular flexibility index (Phi) is 4.98. The maximum atomic E-state index is 11.8. The van der Waals surface area contributed by atoms with E-state index in [0.29, 0.717) is 27.9 Å². The quantitative estimate of drug-likeness (QED) is 0.760. The van der Waals surface area contributed by atoms with Crippen LogP contribution in [0.2, 0.25) is 0 Å². The summed E-state index contributed by atoms with van der Waals surface area (Å²) >= 11 is 1.23. The van der Waals surface area contributed by atoms with Crippen LogP contribution in [0.5, 0.6) is 0 Å². The molecule has 0 aliphatic heterocycles. The first-order chi connectivity index (χ1) is 8.51. The monoisotopic (exact) mass is 266 g/mol. The van der Waals surface area contributed by atoms with Crippen molar-refractivity contribution in [3.8, 4) is 6.07 Å². The molecule has 0 atom stereocenters. The topological polar surface area (TPSA) is 90.9 Å². The Bertz CT molecular complexity index is 473. The van der Waals surface area contributed by atoms with Gasteiger partial charge in [-0.05, 0) is 12.8 Å². The minimum absolute atomic E-state index is 0.228. The molecule has 0 aliphatic rings. The third-order valence-electron chi connectivity index (χ3n) is 2.27. The van der Waals surface area contributed by atoms with Crippen molar-refractivity contribution in [2.75, 3.05) is 24.1 Å². The lowest BCUT2D eigenvalue weighted by atomic mass is 10.2. The first-order valence-electron chi connectivity index (χ1n) is 5.85. The summed E-state index contributed by atoms with van der Waals surface area (Å²) in [4.78, 5) is 12.2. The van der Waals surface area contributed by atoms with Crippen LogP contribution in [0.1, 0.15) is 36.0 Å². The van der Waals surface area contributed by atoms with E-state index >= 15 is 0 Å². The lowest BCUT2D eigenvalue weighted by Crippen LogP contribution is -2.22. The van der Waals surface area contributed by atoms with E-state index in [9.17, 15) is 4.79 Å². The fourth-order valence-corrected chi connectivity index (χ4v) is 2.38. The summed E-state index contributed by atoms with van der Waals surface area (Å²) in [5.41, 5.74) is 6.47. The third-order valence-corrected chi connectivity index (χ3v) is 3.43. The van der Waals surface area contributed by atoms with E-state index in [1.807, 2.05) is 13.0 Å². The molecule has 0 fully saturated rings. The summed E-state index contributed by atoms with van der Waals surface area (Å²) in [6, 6.07) is 2.05. The van der Waals surface area contributed by atoms with Crippen LogP contribution < -0.4 is 16.4 Å². The highest BCUT2D eigenvalue weighted by atomic mass is 32.1. The molecule has 0 spiro atoms. The predicted octanol–water partition coefficient (Wildman–Crippen LogP) is 2.02. The van der Waals surface area contributed by atoms with E-state index in [1.54, 1.807) is 0 Å². The number of nitrogen functional groups attached to an aromatic ring is 1. The van der Waals surface area contributed by atoms with Gasteiger partial charge in [-0.2, -0.15) is 5.26 Å². The number of hydrogen-bond acceptors (Lipinski definition) is 5. The van der Waals surface area contributed by atoms with Gasteiger partial charge in [0.15, 0.2) is 0 Å². The zero-order valence-corrected chi connectivity index (χ0v) is 11.6. The molecule has 98 valence electrons. The smallest absolute Gasteiger partial charge is 0.263 e. The molecule has 1 rings (SSSR count). The molecule has 1 heterocycles. The molecule has 5 nitrogen and oxygen atoms in total. The lowest BCUT2D eigenvalue weighted by molar-refractivity contribution is 0.0960. The molecule has 18 heavy (non-hydrogen) atoms. The summed E-state index contributed by atoms with van der Waals surface area (Å²) in [7, 11) is 0. The fraction of sp³-hybridized carbons (Fsp3) is 0.500. The van der Waals surface area contributed by atoms with Crippen molar-refractivity contribution < 1.29 is 4.79 Å². The summed E-state index contributed by atoms with van der Waals surface area (Å²) in [6.07, 6.45) is 0. The first-order valence-corrected chi connectivity index (χ1v) is 6.67. The molecule has 0 bridgehead atoms. The van der Waals surface area contributed by atoms with Crippen LogP contribution in [0.15, 0.2) is 0 Å². The fourth-order valence-electron chi connectivity index (χ4n) is 1.39. The number of anilines is 2. The number of nitriles is 1. The number of thiophene rings is 1. The summed E-state index contributed by atoms with van der Waals surface area (Å²) in [5.74, 6) is 0.224. The van der Waals surface area contributed by atoms with Gasteiger partial charge in [0.1, 0.15) is 21.5 Å². The van der Waals surface area contributed by atoms with Gasteiger partial charge in [0, 0.05) is 13.1 Å². The molecule has 6 heteroatoms. The molecular weight excluding hydrogens is 248 g/mol. The van der Waals surface area contributed by atoms with Gasteiger partial charge in [-0.15, -0.1) is 11.3 Å². The minimum atomic E-state index is -0.228. The van der Waals surface area contributed by atoms with E-state index < -0.39 is 0 Å². The van der Waals surface area contributed by atoms with Crippen LogP contribution in [0, 0.1) is 17.2 Å². The molecule has 1 aromatic rings. The van der Waals surface area contributed by atoms with Gasteiger partial charge in [-0.3, -0.25) is 4.79 Å². The zero-order chi connectivity index (χ0) is 13.7. The minimum Gasteiger partial charge on any atom is -0.396 e. The zero-order valence-electron chi connectivity index (χ0n) is 10.8.